The minimum absolute atomic E-state index is 0.0767. The number of hydrogen-bond acceptors (Lipinski definition) is 2. The molecule has 0 aromatic heterocycles. The van der Waals surface area contributed by atoms with E-state index in [1.54, 1.807) is 0 Å². The van der Waals surface area contributed by atoms with E-state index < -0.39 is 6.04 Å². The number of nitrogens with one attached hydrogen (secondary N) is 2. The summed E-state index contributed by atoms with van der Waals surface area (Å²) in [7, 11) is 0. The van der Waals surface area contributed by atoms with E-state index in [9.17, 15) is 9.59 Å². The molecule has 5 nitrogen and oxygen atoms in total. The molecule has 152 valence electrons. The largest absolute Gasteiger partial charge is 0.351 e. The van der Waals surface area contributed by atoms with Gasteiger partial charge in [0.25, 0.3) is 5.91 Å². The first-order chi connectivity index (χ1) is 14.2. The molecule has 1 aliphatic heterocycles. The van der Waals surface area contributed by atoms with Crippen LogP contribution in [0.2, 0.25) is 0 Å². The van der Waals surface area contributed by atoms with E-state index >= 15 is 0 Å². The van der Waals surface area contributed by atoms with Crippen LogP contribution in [0, 0.1) is 0 Å². The first kappa shape index (κ1) is 19.6. The molecule has 0 spiro atoms. The van der Waals surface area contributed by atoms with Gasteiger partial charge in [-0.05, 0) is 24.0 Å². The Balaban J connectivity index is 1.46. The van der Waals surface area contributed by atoms with Crippen molar-refractivity contribution >= 4 is 11.8 Å². The summed E-state index contributed by atoms with van der Waals surface area (Å²) in [6.45, 7) is 0.790. The zero-order chi connectivity index (χ0) is 20.1. The van der Waals surface area contributed by atoms with Crippen LogP contribution in [0.4, 0.5) is 0 Å². The SMILES string of the molecule is O=C(N[C@@H](C(=O)NC1CCCCC1)c1ccccc1)[C@@H]1Cc2ccccc2C[NH2+]1. The van der Waals surface area contributed by atoms with E-state index in [0.29, 0.717) is 6.42 Å². The Kier molecular flexibility index (Phi) is 6.25. The van der Waals surface area contributed by atoms with Crippen molar-refractivity contribution in [1.29, 1.82) is 0 Å². The second-order valence-corrected chi connectivity index (χ2v) is 8.21. The first-order valence-electron chi connectivity index (χ1n) is 10.8. The molecular formula is C24H30N3O2+. The topological polar surface area (TPSA) is 74.8 Å². The monoisotopic (exact) mass is 392 g/mol. The smallest absolute Gasteiger partial charge is 0.279 e. The van der Waals surface area contributed by atoms with Crippen LogP contribution in [0.1, 0.15) is 54.8 Å². The quantitative estimate of drug-likeness (QED) is 0.728. The van der Waals surface area contributed by atoms with Gasteiger partial charge >= 0.3 is 0 Å². The molecule has 2 aromatic rings. The predicted molar refractivity (Wildman–Crippen MR) is 112 cm³/mol. The Bertz CT molecular complexity index is 846. The molecule has 29 heavy (non-hydrogen) atoms. The minimum atomic E-state index is -0.656. The summed E-state index contributed by atoms with van der Waals surface area (Å²) in [5, 5.41) is 8.29. The van der Waals surface area contributed by atoms with Crippen molar-refractivity contribution < 1.29 is 14.9 Å². The van der Waals surface area contributed by atoms with Crippen LogP contribution in [0.3, 0.4) is 0 Å². The Morgan fingerprint density at radius 2 is 1.59 bits per heavy atom. The molecule has 4 N–H and O–H groups in total. The molecule has 2 atom stereocenters. The van der Waals surface area contributed by atoms with E-state index in [2.05, 4.69) is 28.1 Å². The first-order valence-corrected chi connectivity index (χ1v) is 10.8. The van der Waals surface area contributed by atoms with E-state index in [4.69, 9.17) is 0 Å². The van der Waals surface area contributed by atoms with E-state index in [1.165, 1.54) is 17.5 Å². The van der Waals surface area contributed by atoms with Crippen LogP contribution in [-0.2, 0) is 22.6 Å². The number of carbonyl (C=O) groups excluding carboxylic acids is 2. The Hall–Kier alpha value is -2.66. The second-order valence-electron chi connectivity index (χ2n) is 8.21. The number of hydrogen-bond donors (Lipinski definition) is 3. The number of carbonyl (C=O) groups is 2. The number of benzene rings is 2. The fraction of sp³-hybridized carbons (Fsp3) is 0.417. The highest BCUT2D eigenvalue weighted by Gasteiger charge is 2.32. The molecular weight excluding hydrogens is 362 g/mol. The maximum Gasteiger partial charge on any atom is 0.279 e. The summed E-state index contributed by atoms with van der Waals surface area (Å²) < 4.78 is 0. The van der Waals surface area contributed by atoms with Crippen molar-refractivity contribution in [3.63, 3.8) is 0 Å². The summed E-state index contributed by atoms with van der Waals surface area (Å²) in [5.41, 5.74) is 3.33. The lowest BCUT2D eigenvalue weighted by molar-refractivity contribution is -0.695. The number of nitrogens with two attached hydrogens (primary N) is 1. The van der Waals surface area contributed by atoms with E-state index in [-0.39, 0.29) is 23.9 Å². The lowest BCUT2D eigenvalue weighted by Gasteiger charge is -2.28. The average Bonchev–Trinajstić information content (AvgIpc) is 2.78. The third-order valence-corrected chi connectivity index (χ3v) is 6.15. The number of rotatable bonds is 5. The van der Waals surface area contributed by atoms with Gasteiger partial charge in [-0.2, -0.15) is 0 Å². The minimum Gasteiger partial charge on any atom is -0.351 e. The van der Waals surface area contributed by atoms with Crippen LogP contribution < -0.4 is 16.0 Å². The van der Waals surface area contributed by atoms with Crippen LogP contribution in [-0.4, -0.2) is 23.9 Å². The molecule has 0 bridgehead atoms. The number of quaternary nitrogens is 1. The highest BCUT2D eigenvalue weighted by atomic mass is 16.2. The lowest BCUT2D eigenvalue weighted by Crippen LogP contribution is -2.93. The highest BCUT2D eigenvalue weighted by molar-refractivity contribution is 5.90. The Morgan fingerprint density at radius 3 is 2.34 bits per heavy atom. The predicted octanol–water partition coefficient (Wildman–Crippen LogP) is 1.98. The van der Waals surface area contributed by atoms with Gasteiger partial charge in [0.05, 0.1) is 0 Å². The van der Waals surface area contributed by atoms with Crippen molar-refractivity contribution in [2.45, 2.75) is 63.2 Å². The third-order valence-electron chi connectivity index (χ3n) is 6.15. The molecule has 2 aromatic carbocycles. The van der Waals surface area contributed by atoms with Gasteiger partial charge in [-0.1, -0.05) is 73.9 Å². The zero-order valence-corrected chi connectivity index (χ0v) is 16.8. The standard InChI is InChI=1S/C24H29N3O2/c28-23(21-15-18-11-7-8-12-19(18)16-25-21)27-22(17-9-3-1-4-10-17)24(29)26-20-13-5-2-6-14-20/h1,3-4,7-12,20-22,25H,2,5-6,13-16H2,(H,26,29)(H,27,28)/p+1/t21-,22+/m0/s1. The molecule has 5 heteroatoms. The van der Waals surface area contributed by atoms with Gasteiger partial charge in [0.15, 0.2) is 6.04 Å². The van der Waals surface area contributed by atoms with E-state index in [1.807, 2.05) is 42.5 Å². The van der Waals surface area contributed by atoms with Gasteiger partial charge in [0.1, 0.15) is 12.6 Å². The van der Waals surface area contributed by atoms with Gasteiger partial charge in [0.2, 0.25) is 5.91 Å². The van der Waals surface area contributed by atoms with Crippen LogP contribution >= 0.6 is 0 Å². The average molecular weight is 393 g/mol. The molecule has 4 rings (SSSR count). The Morgan fingerprint density at radius 1 is 0.897 bits per heavy atom. The van der Waals surface area contributed by atoms with Gasteiger partial charge in [-0.15, -0.1) is 0 Å². The van der Waals surface area contributed by atoms with Gasteiger partial charge in [0, 0.05) is 18.0 Å². The van der Waals surface area contributed by atoms with Crippen molar-refractivity contribution in [3.05, 3.63) is 71.3 Å². The third kappa shape index (κ3) is 4.85. The van der Waals surface area contributed by atoms with Crippen molar-refractivity contribution in [1.82, 2.24) is 10.6 Å². The van der Waals surface area contributed by atoms with Crippen molar-refractivity contribution in [2.24, 2.45) is 0 Å². The molecule has 1 aliphatic carbocycles. The maximum atomic E-state index is 13.1. The van der Waals surface area contributed by atoms with Crippen molar-refractivity contribution in [2.75, 3.05) is 0 Å². The van der Waals surface area contributed by atoms with Crippen LogP contribution in [0.5, 0.6) is 0 Å². The molecule has 0 unspecified atom stereocenters. The zero-order valence-electron chi connectivity index (χ0n) is 16.8. The summed E-state index contributed by atoms with van der Waals surface area (Å²) >= 11 is 0. The summed E-state index contributed by atoms with van der Waals surface area (Å²) in [5.74, 6) is -0.181. The fourth-order valence-corrected chi connectivity index (χ4v) is 4.47. The molecule has 1 fully saturated rings. The van der Waals surface area contributed by atoms with Crippen molar-refractivity contribution in [3.8, 4) is 0 Å². The summed E-state index contributed by atoms with van der Waals surface area (Å²) in [6, 6.07) is 17.2. The molecule has 0 saturated heterocycles. The lowest BCUT2D eigenvalue weighted by atomic mass is 9.94. The highest BCUT2D eigenvalue weighted by Crippen LogP contribution is 2.20. The Labute approximate surface area is 172 Å². The molecule has 0 radical (unpaired) electrons. The molecule has 1 saturated carbocycles. The van der Waals surface area contributed by atoms with Gasteiger partial charge < -0.3 is 16.0 Å². The summed E-state index contributed by atoms with van der Waals surface area (Å²) in [4.78, 5) is 26.2. The fourth-order valence-electron chi connectivity index (χ4n) is 4.47. The van der Waals surface area contributed by atoms with E-state index in [0.717, 1.165) is 37.8 Å². The maximum absolute atomic E-state index is 13.1. The van der Waals surface area contributed by atoms with Gasteiger partial charge in [-0.25, -0.2) is 0 Å². The number of amides is 2. The number of fused-ring (bicyclic) bond motifs is 1. The van der Waals surface area contributed by atoms with Gasteiger partial charge in [-0.3, -0.25) is 9.59 Å². The normalized spacial score (nSPS) is 20.3. The molecule has 2 aliphatic rings. The molecule has 2 amide bonds. The van der Waals surface area contributed by atoms with Crippen LogP contribution in [0.15, 0.2) is 54.6 Å². The molecule has 1 heterocycles. The second kappa shape index (κ2) is 9.23. The van der Waals surface area contributed by atoms with Crippen LogP contribution in [0.25, 0.3) is 0 Å². The summed E-state index contributed by atoms with van der Waals surface area (Å²) in [6.07, 6.45) is 6.29.